The second-order valence-corrected chi connectivity index (χ2v) is 6.49. The molecule has 2 aromatic rings. The van der Waals surface area contributed by atoms with Crippen molar-refractivity contribution >= 4 is 26.3 Å². The first-order valence-corrected chi connectivity index (χ1v) is 7.41. The molecule has 0 saturated heterocycles. The highest BCUT2D eigenvalue weighted by Gasteiger charge is 2.06. The zero-order valence-electron chi connectivity index (χ0n) is 8.97. The Balaban J connectivity index is 2.02. The molecule has 16 heavy (non-hydrogen) atoms. The second kappa shape index (κ2) is 4.11. The first-order chi connectivity index (χ1) is 7.44. The third kappa shape index (κ3) is 2.77. The van der Waals surface area contributed by atoms with Crippen LogP contribution in [0.2, 0.25) is 0 Å². The van der Waals surface area contributed by atoms with Gasteiger partial charge in [0.1, 0.15) is 5.01 Å². The van der Waals surface area contributed by atoms with Crippen LogP contribution >= 0.6 is 11.3 Å². The Morgan fingerprint density at radius 2 is 2.31 bits per heavy atom. The number of nitrogens with zero attached hydrogens (tertiary/aromatic N) is 3. The molecule has 0 unspecified atom stereocenters. The van der Waals surface area contributed by atoms with E-state index in [0.717, 1.165) is 21.9 Å². The summed E-state index contributed by atoms with van der Waals surface area (Å²) >= 11 is 1.51. The molecular weight excluding hydrogens is 248 g/mol. The van der Waals surface area contributed by atoms with Crippen molar-refractivity contribution in [2.45, 2.75) is 13.3 Å². The van der Waals surface area contributed by atoms with Crippen LogP contribution in [-0.2, 0) is 16.4 Å². The van der Waals surface area contributed by atoms with Gasteiger partial charge in [-0.25, -0.2) is 22.6 Å². The highest BCUT2D eigenvalue weighted by Crippen LogP contribution is 2.13. The average molecular weight is 260 g/mol. The zero-order valence-corrected chi connectivity index (χ0v) is 10.6. The minimum atomic E-state index is -3.12. The molecule has 0 aliphatic rings. The van der Waals surface area contributed by atoms with Crippen molar-refractivity contribution in [1.29, 1.82) is 0 Å². The summed E-state index contributed by atoms with van der Waals surface area (Å²) < 4.78 is 25.8. The smallest absolute Gasteiger partial charge is 0.212 e. The van der Waals surface area contributed by atoms with Gasteiger partial charge in [0.15, 0.2) is 0 Å². The SMILES string of the molecule is Cc1nn2cc(CCNS(C)(=O)=O)nc2s1. The van der Waals surface area contributed by atoms with E-state index >= 15 is 0 Å². The molecule has 2 rings (SSSR count). The molecule has 0 aliphatic heterocycles. The summed E-state index contributed by atoms with van der Waals surface area (Å²) in [7, 11) is -3.12. The Bertz CT molecular complexity index is 567. The maximum Gasteiger partial charge on any atom is 0.212 e. The van der Waals surface area contributed by atoms with E-state index in [-0.39, 0.29) is 0 Å². The number of rotatable bonds is 4. The largest absolute Gasteiger partial charge is 0.223 e. The lowest BCUT2D eigenvalue weighted by Crippen LogP contribution is -2.24. The van der Waals surface area contributed by atoms with Crippen molar-refractivity contribution in [3.05, 3.63) is 16.9 Å². The molecule has 0 amide bonds. The lowest BCUT2D eigenvalue weighted by molar-refractivity contribution is 0.587. The van der Waals surface area contributed by atoms with Crippen LogP contribution in [-0.4, -0.2) is 35.8 Å². The summed E-state index contributed by atoms with van der Waals surface area (Å²) in [5, 5.41) is 5.19. The van der Waals surface area contributed by atoms with Crippen LogP contribution < -0.4 is 4.72 Å². The number of aromatic nitrogens is 3. The van der Waals surface area contributed by atoms with Gasteiger partial charge in [0, 0.05) is 13.0 Å². The van der Waals surface area contributed by atoms with Crippen LogP contribution in [0.5, 0.6) is 0 Å². The maximum atomic E-state index is 10.8. The maximum absolute atomic E-state index is 10.8. The summed E-state index contributed by atoms with van der Waals surface area (Å²) in [5.41, 5.74) is 0.843. The van der Waals surface area contributed by atoms with Crippen LogP contribution in [0.15, 0.2) is 6.20 Å². The van der Waals surface area contributed by atoms with Gasteiger partial charge < -0.3 is 0 Å². The van der Waals surface area contributed by atoms with E-state index in [4.69, 9.17) is 0 Å². The van der Waals surface area contributed by atoms with Crippen molar-refractivity contribution in [3.8, 4) is 0 Å². The van der Waals surface area contributed by atoms with Gasteiger partial charge in [-0.2, -0.15) is 5.10 Å². The number of nitrogens with one attached hydrogen (secondary N) is 1. The number of aryl methyl sites for hydroxylation is 1. The van der Waals surface area contributed by atoms with E-state index in [0.29, 0.717) is 13.0 Å². The van der Waals surface area contributed by atoms with Gasteiger partial charge in [0.05, 0.1) is 18.1 Å². The number of sulfonamides is 1. The second-order valence-electron chi connectivity index (χ2n) is 3.50. The summed E-state index contributed by atoms with van der Waals surface area (Å²) in [6, 6.07) is 0. The molecule has 0 atom stereocenters. The molecular formula is C8H12N4O2S2. The molecule has 2 aromatic heterocycles. The fraction of sp³-hybridized carbons (Fsp3) is 0.500. The van der Waals surface area contributed by atoms with E-state index in [1.54, 1.807) is 4.52 Å². The molecule has 8 heteroatoms. The molecule has 0 fully saturated rings. The van der Waals surface area contributed by atoms with E-state index in [1.165, 1.54) is 11.3 Å². The highest BCUT2D eigenvalue weighted by molar-refractivity contribution is 7.88. The monoisotopic (exact) mass is 260 g/mol. The Hall–Kier alpha value is -0.990. The molecule has 6 nitrogen and oxygen atoms in total. The van der Waals surface area contributed by atoms with Gasteiger partial charge >= 0.3 is 0 Å². The lowest BCUT2D eigenvalue weighted by atomic mass is 10.3. The lowest BCUT2D eigenvalue weighted by Gasteiger charge is -1.98. The Kier molecular flexibility index (Phi) is 2.96. The molecule has 0 saturated carbocycles. The Morgan fingerprint density at radius 3 is 2.94 bits per heavy atom. The molecule has 0 aromatic carbocycles. The van der Waals surface area contributed by atoms with Crippen molar-refractivity contribution in [2.24, 2.45) is 0 Å². The van der Waals surface area contributed by atoms with Crippen molar-refractivity contribution < 1.29 is 8.42 Å². The van der Waals surface area contributed by atoms with Gasteiger partial charge in [-0.1, -0.05) is 11.3 Å². The van der Waals surface area contributed by atoms with Crippen molar-refractivity contribution in [2.75, 3.05) is 12.8 Å². The van der Waals surface area contributed by atoms with Crippen LogP contribution in [0.4, 0.5) is 0 Å². The molecule has 1 N–H and O–H groups in total. The highest BCUT2D eigenvalue weighted by atomic mass is 32.2. The number of hydrogen-bond donors (Lipinski definition) is 1. The average Bonchev–Trinajstić information content (AvgIpc) is 2.58. The van der Waals surface area contributed by atoms with Gasteiger partial charge in [0.2, 0.25) is 15.0 Å². The van der Waals surface area contributed by atoms with Crippen LogP contribution in [0.25, 0.3) is 4.96 Å². The number of hydrogen-bond acceptors (Lipinski definition) is 5. The quantitative estimate of drug-likeness (QED) is 0.851. The molecule has 0 spiro atoms. The van der Waals surface area contributed by atoms with Gasteiger partial charge in [0.25, 0.3) is 0 Å². The number of fused-ring (bicyclic) bond motifs is 1. The first kappa shape index (κ1) is 11.5. The minimum Gasteiger partial charge on any atom is -0.223 e. The molecule has 88 valence electrons. The summed E-state index contributed by atoms with van der Waals surface area (Å²) in [4.78, 5) is 5.18. The standard InChI is InChI=1S/C8H12N4O2S2/c1-6-11-12-5-7(10-8(12)15-6)3-4-9-16(2,13)14/h5,9H,3-4H2,1-2H3. The Morgan fingerprint density at radius 1 is 1.56 bits per heavy atom. The van der Waals surface area contributed by atoms with Crippen molar-refractivity contribution in [1.82, 2.24) is 19.3 Å². The van der Waals surface area contributed by atoms with Crippen LogP contribution in [0.1, 0.15) is 10.7 Å². The predicted octanol–water partition coefficient (Wildman–Crippen LogP) is 0.191. The first-order valence-electron chi connectivity index (χ1n) is 4.70. The van der Waals surface area contributed by atoms with E-state index in [1.807, 2.05) is 13.1 Å². The van der Waals surface area contributed by atoms with Crippen LogP contribution in [0.3, 0.4) is 0 Å². The summed E-state index contributed by atoms with van der Waals surface area (Å²) in [5.74, 6) is 0. The van der Waals surface area contributed by atoms with Crippen molar-refractivity contribution in [3.63, 3.8) is 0 Å². The topological polar surface area (TPSA) is 76.4 Å². The summed E-state index contributed by atoms with van der Waals surface area (Å²) in [6.45, 7) is 2.28. The summed E-state index contributed by atoms with van der Waals surface area (Å²) in [6.07, 6.45) is 3.54. The molecule has 0 aliphatic carbocycles. The molecule has 0 bridgehead atoms. The van der Waals surface area contributed by atoms with Gasteiger partial charge in [-0.15, -0.1) is 0 Å². The van der Waals surface area contributed by atoms with E-state index in [9.17, 15) is 8.42 Å². The molecule has 0 radical (unpaired) electrons. The van der Waals surface area contributed by atoms with E-state index in [2.05, 4.69) is 14.8 Å². The fourth-order valence-corrected chi connectivity index (χ4v) is 2.55. The Labute approximate surface area is 97.4 Å². The predicted molar refractivity (Wildman–Crippen MR) is 62.2 cm³/mol. The minimum absolute atomic E-state index is 0.364. The third-order valence-electron chi connectivity index (χ3n) is 1.94. The van der Waals surface area contributed by atoms with Crippen LogP contribution in [0, 0.1) is 6.92 Å². The van der Waals surface area contributed by atoms with E-state index < -0.39 is 10.0 Å². The molecule has 2 heterocycles. The van der Waals surface area contributed by atoms with Gasteiger partial charge in [-0.3, -0.25) is 0 Å². The normalized spacial score (nSPS) is 12.4. The zero-order chi connectivity index (χ0) is 11.8. The third-order valence-corrected chi connectivity index (χ3v) is 3.51. The number of imidazole rings is 1. The fourth-order valence-electron chi connectivity index (χ4n) is 1.33. The van der Waals surface area contributed by atoms with Gasteiger partial charge in [-0.05, 0) is 6.92 Å².